The molecule has 2 aromatic rings. The molecular formula is C21H28N4O4S. The summed E-state index contributed by atoms with van der Waals surface area (Å²) in [5.41, 5.74) is 1.56. The summed E-state index contributed by atoms with van der Waals surface area (Å²) in [7, 11) is 0. The SMILES string of the molecule is Cc1noc(C)c1CC(=O)N1CCN(C(=O)C(NC(=O)c2cccs2)C(C)C)CC1. The van der Waals surface area contributed by atoms with E-state index in [9.17, 15) is 14.4 Å². The lowest BCUT2D eigenvalue weighted by atomic mass is 10.0. The minimum Gasteiger partial charge on any atom is -0.361 e. The molecule has 8 nitrogen and oxygen atoms in total. The smallest absolute Gasteiger partial charge is 0.262 e. The topological polar surface area (TPSA) is 95.8 Å². The maximum absolute atomic E-state index is 13.1. The highest BCUT2D eigenvalue weighted by Gasteiger charge is 2.32. The molecule has 1 fully saturated rings. The van der Waals surface area contributed by atoms with Crippen molar-refractivity contribution < 1.29 is 18.9 Å². The molecule has 0 aromatic carbocycles. The van der Waals surface area contributed by atoms with Crippen LogP contribution in [-0.4, -0.2) is 64.9 Å². The zero-order valence-electron chi connectivity index (χ0n) is 17.8. The zero-order chi connectivity index (χ0) is 21.8. The van der Waals surface area contributed by atoms with Gasteiger partial charge in [-0.25, -0.2) is 0 Å². The number of rotatable bonds is 6. The van der Waals surface area contributed by atoms with Gasteiger partial charge in [-0.3, -0.25) is 14.4 Å². The Morgan fingerprint density at radius 3 is 2.37 bits per heavy atom. The maximum Gasteiger partial charge on any atom is 0.262 e. The maximum atomic E-state index is 13.1. The molecule has 1 N–H and O–H groups in total. The van der Waals surface area contributed by atoms with E-state index in [0.717, 1.165) is 11.3 Å². The van der Waals surface area contributed by atoms with Crippen molar-refractivity contribution in [3.63, 3.8) is 0 Å². The van der Waals surface area contributed by atoms with Crippen molar-refractivity contribution in [2.45, 2.75) is 40.2 Å². The molecule has 0 aliphatic carbocycles. The van der Waals surface area contributed by atoms with Crippen LogP contribution in [0.4, 0.5) is 0 Å². The van der Waals surface area contributed by atoms with Crippen LogP contribution >= 0.6 is 11.3 Å². The van der Waals surface area contributed by atoms with Gasteiger partial charge in [-0.2, -0.15) is 0 Å². The Balaban J connectivity index is 1.56. The van der Waals surface area contributed by atoms with Crippen LogP contribution in [0.3, 0.4) is 0 Å². The van der Waals surface area contributed by atoms with E-state index in [-0.39, 0.29) is 30.1 Å². The average Bonchev–Trinajstić information content (AvgIpc) is 3.37. The summed E-state index contributed by atoms with van der Waals surface area (Å²) in [5, 5.41) is 8.60. The molecule has 0 radical (unpaired) electrons. The number of carbonyl (C=O) groups is 3. The molecule has 1 aliphatic heterocycles. The van der Waals surface area contributed by atoms with Gasteiger partial charge in [0.2, 0.25) is 11.8 Å². The fourth-order valence-corrected chi connectivity index (χ4v) is 4.15. The lowest BCUT2D eigenvalue weighted by Gasteiger charge is -2.37. The molecule has 2 aromatic heterocycles. The third-order valence-electron chi connectivity index (χ3n) is 5.42. The fourth-order valence-electron chi connectivity index (χ4n) is 3.52. The molecule has 1 atom stereocenters. The monoisotopic (exact) mass is 432 g/mol. The van der Waals surface area contributed by atoms with Crippen LogP contribution in [0.2, 0.25) is 0 Å². The number of hydrogen-bond donors (Lipinski definition) is 1. The third-order valence-corrected chi connectivity index (χ3v) is 6.29. The van der Waals surface area contributed by atoms with E-state index in [0.29, 0.717) is 36.8 Å². The van der Waals surface area contributed by atoms with Crippen LogP contribution in [0.25, 0.3) is 0 Å². The quantitative estimate of drug-likeness (QED) is 0.753. The molecule has 0 saturated carbocycles. The van der Waals surface area contributed by atoms with Crippen molar-refractivity contribution in [1.29, 1.82) is 0 Å². The summed E-state index contributed by atoms with van der Waals surface area (Å²) in [5.74, 6) is 0.289. The Morgan fingerprint density at radius 2 is 1.83 bits per heavy atom. The van der Waals surface area contributed by atoms with E-state index in [1.807, 2.05) is 32.2 Å². The molecule has 3 amide bonds. The summed E-state index contributed by atoms with van der Waals surface area (Å²) in [6, 6.07) is 2.96. The van der Waals surface area contributed by atoms with Crippen LogP contribution in [0.15, 0.2) is 22.0 Å². The van der Waals surface area contributed by atoms with Gasteiger partial charge < -0.3 is 19.6 Å². The van der Waals surface area contributed by atoms with Crippen molar-refractivity contribution in [2.75, 3.05) is 26.2 Å². The number of amides is 3. The van der Waals surface area contributed by atoms with Gasteiger partial charge in [0.05, 0.1) is 17.0 Å². The predicted molar refractivity (Wildman–Crippen MR) is 113 cm³/mol. The Bertz CT molecular complexity index is 879. The molecule has 162 valence electrons. The second-order valence-electron chi connectivity index (χ2n) is 7.86. The number of thiophene rings is 1. The lowest BCUT2D eigenvalue weighted by Crippen LogP contribution is -2.57. The minimum atomic E-state index is -0.593. The highest BCUT2D eigenvalue weighted by Crippen LogP contribution is 2.16. The number of hydrogen-bond acceptors (Lipinski definition) is 6. The van der Waals surface area contributed by atoms with Gasteiger partial charge in [-0.1, -0.05) is 25.1 Å². The third kappa shape index (κ3) is 4.89. The zero-order valence-corrected chi connectivity index (χ0v) is 18.6. The highest BCUT2D eigenvalue weighted by atomic mass is 32.1. The first-order valence-electron chi connectivity index (χ1n) is 10.1. The Hall–Kier alpha value is -2.68. The Morgan fingerprint density at radius 1 is 1.17 bits per heavy atom. The molecule has 3 rings (SSSR count). The number of piperazine rings is 1. The predicted octanol–water partition coefficient (Wildman–Crippen LogP) is 2.02. The summed E-state index contributed by atoms with van der Waals surface area (Å²) in [6.07, 6.45) is 0.251. The van der Waals surface area contributed by atoms with E-state index in [4.69, 9.17) is 4.52 Å². The molecule has 0 spiro atoms. The van der Waals surface area contributed by atoms with Crippen molar-refractivity contribution in [2.24, 2.45) is 5.92 Å². The van der Waals surface area contributed by atoms with Gasteiger partial charge >= 0.3 is 0 Å². The molecule has 0 bridgehead atoms. The molecule has 30 heavy (non-hydrogen) atoms. The summed E-state index contributed by atoms with van der Waals surface area (Å²) in [4.78, 5) is 42.2. The number of nitrogens with zero attached hydrogens (tertiary/aromatic N) is 3. The van der Waals surface area contributed by atoms with Crippen molar-refractivity contribution >= 4 is 29.1 Å². The second-order valence-corrected chi connectivity index (χ2v) is 8.81. The highest BCUT2D eigenvalue weighted by molar-refractivity contribution is 7.12. The molecule has 9 heteroatoms. The first kappa shape index (κ1) is 22.0. The van der Waals surface area contributed by atoms with Gasteiger partial charge in [0.25, 0.3) is 5.91 Å². The van der Waals surface area contributed by atoms with Crippen LogP contribution in [-0.2, 0) is 16.0 Å². The molecular weight excluding hydrogens is 404 g/mol. The summed E-state index contributed by atoms with van der Waals surface area (Å²) >= 11 is 1.35. The van der Waals surface area contributed by atoms with Gasteiger partial charge in [0.1, 0.15) is 11.8 Å². The average molecular weight is 433 g/mol. The Kier molecular flexibility index (Phi) is 6.91. The van der Waals surface area contributed by atoms with Gasteiger partial charge in [-0.05, 0) is 31.2 Å². The number of aromatic nitrogens is 1. The minimum absolute atomic E-state index is 0.00269. The summed E-state index contributed by atoms with van der Waals surface area (Å²) < 4.78 is 5.13. The van der Waals surface area contributed by atoms with Crippen molar-refractivity contribution in [3.05, 3.63) is 39.4 Å². The molecule has 1 aliphatic rings. The molecule has 1 unspecified atom stereocenters. The van der Waals surface area contributed by atoms with Gasteiger partial charge in [0, 0.05) is 31.7 Å². The first-order valence-corrected chi connectivity index (χ1v) is 11.0. The number of nitrogens with one attached hydrogen (secondary N) is 1. The second kappa shape index (κ2) is 9.42. The van der Waals surface area contributed by atoms with Crippen LogP contribution in [0.1, 0.15) is 40.5 Å². The van der Waals surface area contributed by atoms with E-state index in [2.05, 4.69) is 10.5 Å². The van der Waals surface area contributed by atoms with Crippen LogP contribution in [0.5, 0.6) is 0 Å². The van der Waals surface area contributed by atoms with Gasteiger partial charge in [0.15, 0.2) is 0 Å². The van der Waals surface area contributed by atoms with Crippen molar-refractivity contribution in [3.8, 4) is 0 Å². The van der Waals surface area contributed by atoms with Crippen molar-refractivity contribution in [1.82, 2.24) is 20.3 Å². The standard InChI is InChI=1S/C21H28N4O4S/c1-13(2)19(22-20(27)17-6-5-11-30-17)21(28)25-9-7-24(8-10-25)18(26)12-16-14(3)23-29-15(16)4/h5-6,11,13,19H,7-10,12H2,1-4H3,(H,22,27). The number of aryl methyl sites for hydroxylation is 2. The van der Waals surface area contributed by atoms with E-state index in [1.165, 1.54) is 11.3 Å². The van der Waals surface area contributed by atoms with E-state index >= 15 is 0 Å². The van der Waals surface area contributed by atoms with Crippen LogP contribution in [0, 0.1) is 19.8 Å². The van der Waals surface area contributed by atoms with E-state index < -0.39 is 6.04 Å². The van der Waals surface area contributed by atoms with Gasteiger partial charge in [-0.15, -0.1) is 11.3 Å². The van der Waals surface area contributed by atoms with E-state index in [1.54, 1.807) is 22.8 Å². The first-order chi connectivity index (χ1) is 14.3. The Labute approximate surface area is 180 Å². The largest absolute Gasteiger partial charge is 0.361 e. The van der Waals surface area contributed by atoms with Crippen LogP contribution < -0.4 is 5.32 Å². The summed E-state index contributed by atoms with van der Waals surface area (Å²) in [6.45, 7) is 9.30. The molecule has 3 heterocycles. The molecule has 1 saturated heterocycles. The normalized spacial score (nSPS) is 15.4. The lowest BCUT2D eigenvalue weighted by molar-refractivity contribution is -0.141. The fraction of sp³-hybridized carbons (Fsp3) is 0.524. The number of carbonyl (C=O) groups excluding carboxylic acids is 3.